The van der Waals surface area contributed by atoms with Crippen molar-refractivity contribution in [2.24, 2.45) is 0 Å². The molecule has 1 aromatic rings. The Morgan fingerprint density at radius 1 is 1.58 bits per heavy atom. The van der Waals surface area contributed by atoms with Crippen LogP contribution in [0.3, 0.4) is 0 Å². The van der Waals surface area contributed by atoms with Crippen molar-refractivity contribution in [2.75, 3.05) is 0 Å². The van der Waals surface area contributed by atoms with Crippen molar-refractivity contribution in [3.8, 4) is 0 Å². The SMILES string of the molecule is CCC1(C)CCCc2sccc21. The van der Waals surface area contributed by atoms with E-state index in [0.29, 0.717) is 5.41 Å². The zero-order valence-electron chi connectivity index (χ0n) is 7.89. The van der Waals surface area contributed by atoms with Crippen molar-refractivity contribution < 1.29 is 0 Å². The lowest BCUT2D eigenvalue weighted by Crippen LogP contribution is -2.25. The first-order valence-electron chi connectivity index (χ1n) is 4.83. The van der Waals surface area contributed by atoms with Gasteiger partial charge in [-0.15, -0.1) is 11.3 Å². The summed E-state index contributed by atoms with van der Waals surface area (Å²) in [6, 6.07) is 2.34. The number of thiophene rings is 1. The van der Waals surface area contributed by atoms with Gasteiger partial charge in [-0.25, -0.2) is 0 Å². The van der Waals surface area contributed by atoms with E-state index in [4.69, 9.17) is 0 Å². The van der Waals surface area contributed by atoms with E-state index in [9.17, 15) is 0 Å². The predicted octanol–water partition coefficient (Wildman–Crippen LogP) is 3.75. The van der Waals surface area contributed by atoms with Gasteiger partial charge in [0.05, 0.1) is 0 Å². The smallest absolute Gasteiger partial charge is 0.00827 e. The molecule has 1 heteroatoms. The van der Waals surface area contributed by atoms with Crippen molar-refractivity contribution in [2.45, 2.75) is 44.9 Å². The molecule has 1 atom stereocenters. The number of hydrogen-bond acceptors (Lipinski definition) is 1. The Balaban J connectivity index is 2.44. The second-order valence-electron chi connectivity index (χ2n) is 4.03. The van der Waals surface area contributed by atoms with Crippen LogP contribution in [0.25, 0.3) is 0 Å². The largest absolute Gasteiger partial charge is 0.149 e. The lowest BCUT2D eigenvalue weighted by atomic mass is 9.72. The second kappa shape index (κ2) is 2.88. The van der Waals surface area contributed by atoms with Crippen molar-refractivity contribution in [3.05, 3.63) is 21.9 Å². The summed E-state index contributed by atoms with van der Waals surface area (Å²) in [4.78, 5) is 1.64. The average molecular weight is 180 g/mol. The standard InChI is InChI=1S/C11H16S/c1-3-11(2)7-4-5-10-9(11)6-8-12-10/h6,8H,3-5,7H2,1-2H3. The van der Waals surface area contributed by atoms with E-state index in [1.807, 2.05) is 11.3 Å². The molecule has 1 aliphatic carbocycles. The minimum Gasteiger partial charge on any atom is -0.149 e. The summed E-state index contributed by atoms with van der Waals surface area (Å²) in [5, 5.41) is 2.25. The Kier molecular flexibility index (Phi) is 1.99. The van der Waals surface area contributed by atoms with Gasteiger partial charge in [0.2, 0.25) is 0 Å². The van der Waals surface area contributed by atoms with Crippen LogP contribution in [0.4, 0.5) is 0 Å². The molecule has 0 aromatic carbocycles. The second-order valence-corrected chi connectivity index (χ2v) is 5.03. The third-order valence-corrected chi connectivity index (χ3v) is 4.29. The fourth-order valence-corrected chi connectivity index (χ4v) is 3.28. The van der Waals surface area contributed by atoms with E-state index in [-0.39, 0.29) is 0 Å². The number of fused-ring (bicyclic) bond motifs is 1. The molecule has 0 fully saturated rings. The Morgan fingerprint density at radius 3 is 3.17 bits per heavy atom. The first-order valence-corrected chi connectivity index (χ1v) is 5.71. The maximum absolute atomic E-state index is 2.41. The van der Waals surface area contributed by atoms with Gasteiger partial charge < -0.3 is 0 Å². The van der Waals surface area contributed by atoms with E-state index in [1.165, 1.54) is 25.7 Å². The number of aryl methyl sites for hydroxylation is 1. The quantitative estimate of drug-likeness (QED) is 0.617. The van der Waals surface area contributed by atoms with Gasteiger partial charge in [0, 0.05) is 4.88 Å². The molecule has 0 amide bonds. The lowest BCUT2D eigenvalue weighted by Gasteiger charge is -2.32. The van der Waals surface area contributed by atoms with Gasteiger partial charge >= 0.3 is 0 Å². The summed E-state index contributed by atoms with van der Waals surface area (Å²) in [7, 11) is 0. The molecule has 1 aliphatic rings. The monoisotopic (exact) mass is 180 g/mol. The van der Waals surface area contributed by atoms with Crippen LogP contribution >= 0.6 is 11.3 Å². The highest BCUT2D eigenvalue weighted by Gasteiger charge is 2.30. The fourth-order valence-electron chi connectivity index (χ4n) is 2.21. The summed E-state index contributed by atoms with van der Waals surface area (Å²) in [5.41, 5.74) is 2.13. The van der Waals surface area contributed by atoms with E-state index < -0.39 is 0 Å². The molecule has 0 aliphatic heterocycles. The highest BCUT2D eigenvalue weighted by atomic mass is 32.1. The molecule has 12 heavy (non-hydrogen) atoms. The average Bonchev–Trinajstić information content (AvgIpc) is 2.54. The van der Waals surface area contributed by atoms with Gasteiger partial charge in [0.15, 0.2) is 0 Å². The fraction of sp³-hybridized carbons (Fsp3) is 0.636. The zero-order chi connectivity index (χ0) is 8.60. The van der Waals surface area contributed by atoms with Gasteiger partial charge in [-0.3, -0.25) is 0 Å². The number of hydrogen-bond donors (Lipinski definition) is 0. The van der Waals surface area contributed by atoms with Crippen LogP contribution in [0, 0.1) is 0 Å². The number of rotatable bonds is 1. The third-order valence-electron chi connectivity index (χ3n) is 3.31. The van der Waals surface area contributed by atoms with E-state index in [2.05, 4.69) is 25.3 Å². The summed E-state index contributed by atoms with van der Waals surface area (Å²) in [6.07, 6.45) is 5.38. The van der Waals surface area contributed by atoms with Crippen LogP contribution in [0.1, 0.15) is 43.6 Å². The maximum Gasteiger partial charge on any atom is 0.00827 e. The molecule has 0 saturated heterocycles. The summed E-state index contributed by atoms with van der Waals surface area (Å²) >= 11 is 1.94. The predicted molar refractivity (Wildman–Crippen MR) is 54.9 cm³/mol. The van der Waals surface area contributed by atoms with Gasteiger partial charge in [-0.05, 0) is 48.1 Å². The molecule has 2 rings (SSSR count). The first kappa shape index (κ1) is 8.31. The zero-order valence-corrected chi connectivity index (χ0v) is 8.71. The van der Waals surface area contributed by atoms with Crippen LogP contribution in [-0.2, 0) is 11.8 Å². The highest BCUT2D eigenvalue weighted by Crippen LogP contribution is 2.41. The van der Waals surface area contributed by atoms with Gasteiger partial charge in [0.1, 0.15) is 0 Å². The van der Waals surface area contributed by atoms with Gasteiger partial charge in [-0.1, -0.05) is 13.8 Å². The molecule has 0 spiro atoms. The molecule has 1 unspecified atom stereocenters. The Labute approximate surface area is 78.6 Å². The van der Waals surface area contributed by atoms with Crippen LogP contribution in [0.5, 0.6) is 0 Å². The topological polar surface area (TPSA) is 0 Å². The van der Waals surface area contributed by atoms with Crippen LogP contribution in [0.2, 0.25) is 0 Å². The molecule has 0 bridgehead atoms. The van der Waals surface area contributed by atoms with Crippen LogP contribution in [0.15, 0.2) is 11.4 Å². The summed E-state index contributed by atoms with van der Waals surface area (Å²) < 4.78 is 0. The van der Waals surface area contributed by atoms with Gasteiger partial charge in [0.25, 0.3) is 0 Å². The third kappa shape index (κ3) is 1.11. The molecule has 66 valence electrons. The molecule has 1 heterocycles. The van der Waals surface area contributed by atoms with Crippen molar-refractivity contribution >= 4 is 11.3 Å². The maximum atomic E-state index is 2.41. The Bertz CT molecular complexity index is 274. The summed E-state index contributed by atoms with van der Waals surface area (Å²) in [5.74, 6) is 0. The molecular formula is C11H16S. The first-order chi connectivity index (χ1) is 5.76. The Hall–Kier alpha value is -0.300. The minimum absolute atomic E-state index is 0.494. The normalized spacial score (nSPS) is 28.5. The van der Waals surface area contributed by atoms with E-state index >= 15 is 0 Å². The van der Waals surface area contributed by atoms with Crippen molar-refractivity contribution in [1.29, 1.82) is 0 Å². The van der Waals surface area contributed by atoms with E-state index in [0.717, 1.165) is 0 Å². The van der Waals surface area contributed by atoms with Crippen LogP contribution < -0.4 is 0 Å². The van der Waals surface area contributed by atoms with Gasteiger partial charge in [-0.2, -0.15) is 0 Å². The highest BCUT2D eigenvalue weighted by molar-refractivity contribution is 7.10. The molecule has 0 radical (unpaired) electrons. The van der Waals surface area contributed by atoms with Crippen LogP contribution in [-0.4, -0.2) is 0 Å². The molecule has 0 nitrogen and oxygen atoms in total. The molecule has 0 N–H and O–H groups in total. The molecule has 0 saturated carbocycles. The minimum atomic E-state index is 0.494. The van der Waals surface area contributed by atoms with Crippen molar-refractivity contribution in [3.63, 3.8) is 0 Å². The van der Waals surface area contributed by atoms with E-state index in [1.54, 1.807) is 10.4 Å². The lowest BCUT2D eigenvalue weighted by molar-refractivity contribution is 0.385. The molecular weight excluding hydrogens is 164 g/mol. The summed E-state index contributed by atoms with van der Waals surface area (Å²) in [6.45, 7) is 4.73. The molecule has 1 aromatic heterocycles. The van der Waals surface area contributed by atoms with Crippen molar-refractivity contribution in [1.82, 2.24) is 0 Å². The Morgan fingerprint density at radius 2 is 2.42 bits per heavy atom.